The Balaban J connectivity index is 5.40. The van der Waals surface area contributed by atoms with Gasteiger partial charge in [0.15, 0.2) is 0 Å². The molecule has 0 aliphatic carbocycles. The zero-order chi connectivity index (χ0) is 24.1. The van der Waals surface area contributed by atoms with Crippen LogP contribution in [-0.4, -0.2) is 15.9 Å². The van der Waals surface area contributed by atoms with Crippen molar-refractivity contribution in [1.29, 1.82) is 0 Å². The molecule has 0 aromatic heterocycles. The van der Waals surface area contributed by atoms with Gasteiger partial charge in [0.1, 0.15) is 6.11 Å². The summed E-state index contributed by atoms with van der Waals surface area (Å²) in [4.78, 5) is 19.3. The Morgan fingerprint density at radius 1 is 0.903 bits per heavy atom. The van der Waals surface area contributed by atoms with Crippen LogP contribution in [0.3, 0.4) is 0 Å². The highest BCUT2D eigenvalue weighted by atomic mass is 31.3. The highest BCUT2D eigenvalue weighted by molar-refractivity contribution is 7.61. The van der Waals surface area contributed by atoms with E-state index >= 15 is 0 Å². The van der Waals surface area contributed by atoms with E-state index in [-0.39, 0.29) is 0 Å². The molecule has 0 heterocycles. The molecule has 3 unspecified atom stereocenters. The van der Waals surface area contributed by atoms with Crippen molar-refractivity contribution in [1.82, 2.24) is 0 Å². The van der Waals surface area contributed by atoms with Crippen LogP contribution in [0.5, 0.6) is 0 Å². The molecule has 0 rings (SSSR count). The van der Waals surface area contributed by atoms with E-state index in [1.165, 1.54) is 17.3 Å². The maximum atomic E-state index is 12.3. The van der Waals surface area contributed by atoms with Crippen molar-refractivity contribution in [3.63, 3.8) is 0 Å². The Labute approximate surface area is 187 Å². The second-order valence-electron chi connectivity index (χ2n) is 7.81. The lowest BCUT2D eigenvalue weighted by Crippen LogP contribution is -2.10. The lowest BCUT2D eigenvalue weighted by molar-refractivity contribution is 0.150. The first-order chi connectivity index (χ1) is 14.3. The maximum Gasteiger partial charge on any atom is 0.544 e. The van der Waals surface area contributed by atoms with Crippen LogP contribution in [0, 0.1) is 12.5 Å². The van der Waals surface area contributed by atoms with Crippen molar-refractivity contribution in [2.75, 3.05) is 0 Å². The van der Waals surface area contributed by atoms with Gasteiger partial charge in [0, 0.05) is 0 Å². The molecule has 7 nitrogen and oxygen atoms in total. The van der Waals surface area contributed by atoms with E-state index in [1.54, 1.807) is 6.08 Å². The number of phosphoric ester groups is 2. The summed E-state index contributed by atoms with van der Waals surface area (Å²) in [6, 6.07) is 0. The van der Waals surface area contributed by atoms with Gasteiger partial charge in [-0.15, -0.1) is 0 Å². The average Bonchev–Trinajstić information content (AvgIpc) is 2.57. The molecule has 0 fully saturated rings. The molecule has 0 aromatic rings. The summed E-state index contributed by atoms with van der Waals surface area (Å²) in [7, 11) is -9.84. The van der Waals surface area contributed by atoms with E-state index in [4.69, 9.17) is 10.9 Å². The van der Waals surface area contributed by atoms with E-state index in [0.717, 1.165) is 36.8 Å². The molecule has 31 heavy (non-hydrogen) atoms. The fourth-order valence-corrected chi connectivity index (χ4v) is 4.50. The third-order valence-corrected chi connectivity index (χ3v) is 6.52. The Bertz CT molecular complexity index is 823. The third-order valence-electron chi connectivity index (χ3n) is 3.99. The van der Waals surface area contributed by atoms with Crippen LogP contribution < -0.4 is 0 Å². The fourth-order valence-electron chi connectivity index (χ4n) is 2.54. The first-order valence-electron chi connectivity index (χ1n) is 10.1. The minimum absolute atomic E-state index is 0.292. The molecule has 0 radical (unpaired) electrons. The molecule has 0 saturated heterocycles. The monoisotopic (exact) mass is 474 g/mol. The second kappa shape index (κ2) is 14.6. The van der Waals surface area contributed by atoms with Crippen molar-refractivity contribution in [2.45, 2.75) is 79.8 Å². The first kappa shape index (κ1) is 29.6. The number of phosphoric acid groups is 2. The quantitative estimate of drug-likeness (QED) is 0.159. The minimum atomic E-state index is -4.92. The maximum absolute atomic E-state index is 12.3. The Kier molecular flexibility index (Phi) is 14.0. The molecule has 0 spiro atoms. The number of hydrogen-bond donors (Lipinski definition) is 2. The molecule has 0 saturated carbocycles. The van der Waals surface area contributed by atoms with Crippen LogP contribution in [0.15, 0.2) is 46.6 Å². The topological polar surface area (TPSA) is 102 Å². The van der Waals surface area contributed by atoms with Crippen LogP contribution in [0.4, 0.5) is 0 Å². The van der Waals surface area contributed by atoms with Crippen molar-refractivity contribution < 1.29 is 32.3 Å². The van der Waals surface area contributed by atoms with E-state index in [0.29, 0.717) is 6.42 Å². The van der Waals surface area contributed by atoms with Gasteiger partial charge >= 0.3 is 15.6 Å². The van der Waals surface area contributed by atoms with E-state index in [1.807, 2.05) is 47.6 Å². The van der Waals surface area contributed by atoms with E-state index in [2.05, 4.69) is 21.0 Å². The molecule has 3 atom stereocenters. The second-order valence-corrected chi connectivity index (χ2v) is 10.7. The summed E-state index contributed by atoms with van der Waals surface area (Å²) in [5, 5.41) is 0. The molecule has 0 aliphatic rings. The van der Waals surface area contributed by atoms with Crippen LogP contribution >= 0.6 is 15.6 Å². The van der Waals surface area contributed by atoms with Crippen molar-refractivity contribution in [3.05, 3.63) is 46.6 Å². The van der Waals surface area contributed by atoms with Gasteiger partial charge in [-0.2, -0.15) is 4.31 Å². The normalized spacial score (nSPS) is 17.0. The number of terminal acetylenes is 1. The summed E-state index contributed by atoms with van der Waals surface area (Å²) in [5.74, 6) is 0. The highest BCUT2D eigenvalue weighted by Gasteiger charge is 2.37. The summed E-state index contributed by atoms with van der Waals surface area (Å²) in [6.45, 7) is 12.0. The zero-order valence-corrected chi connectivity index (χ0v) is 21.1. The summed E-state index contributed by atoms with van der Waals surface area (Å²) in [6.07, 6.45) is 16.9. The molecular weight excluding hydrogens is 438 g/mol. The van der Waals surface area contributed by atoms with Gasteiger partial charge < -0.3 is 9.42 Å². The van der Waals surface area contributed by atoms with Crippen molar-refractivity contribution in [3.8, 4) is 12.5 Å². The molecule has 176 valence electrons. The van der Waals surface area contributed by atoms with Gasteiger partial charge in [0.2, 0.25) is 0 Å². The third kappa shape index (κ3) is 16.9. The predicted molar refractivity (Wildman–Crippen MR) is 125 cm³/mol. The first-order valence-corrected chi connectivity index (χ1v) is 13.0. The van der Waals surface area contributed by atoms with Gasteiger partial charge in [-0.1, -0.05) is 53.0 Å². The van der Waals surface area contributed by atoms with Gasteiger partial charge in [-0.25, -0.2) is 9.13 Å². The van der Waals surface area contributed by atoms with Crippen molar-refractivity contribution in [2.24, 2.45) is 0 Å². The zero-order valence-electron chi connectivity index (χ0n) is 19.3. The van der Waals surface area contributed by atoms with E-state index < -0.39 is 21.7 Å². The standard InChI is InChI=1S/C22H36O7P2/c1-8-27-30(23,24)29-31(25,26)28-22(17-21(7)14-10-12-19(4)5)16-15-20(6)13-9-11-18(2)3/h1,11-12,15,17,22H,9-10,13-14,16H2,2-7H3,(H,23,24)(H,25,26)/b20-15+,21-17+. The molecular formula is C22H36O7P2. The molecule has 0 aliphatic heterocycles. The molecule has 0 bridgehead atoms. The van der Waals surface area contributed by atoms with Crippen LogP contribution in [0.2, 0.25) is 0 Å². The number of hydrogen-bond acceptors (Lipinski definition) is 5. The molecule has 0 aromatic carbocycles. The van der Waals surface area contributed by atoms with Gasteiger partial charge in [0.05, 0.1) is 6.10 Å². The SMILES string of the molecule is C#COP(=O)(O)OP(=O)(O)OC(/C=C(\C)CCC=C(C)C)C/C=C(\C)CCC=C(C)C. The lowest BCUT2D eigenvalue weighted by atomic mass is 10.0. The largest absolute Gasteiger partial charge is 0.544 e. The van der Waals surface area contributed by atoms with Gasteiger partial charge in [0.25, 0.3) is 0 Å². The summed E-state index contributed by atoms with van der Waals surface area (Å²) < 4.78 is 37.3. The smallest absolute Gasteiger partial charge is 0.350 e. The molecule has 0 amide bonds. The Hall–Kier alpha value is -1.38. The number of rotatable bonds is 14. The Morgan fingerprint density at radius 2 is 1.42 bits per heavy atom. The molecule has 9 heteroatoms. The molecule has 2 N–H and O–H groups in total. The number of allylic oxidation sites excluding steroid dienone is 6. The average molecular weight is 474 g/mol. The fraction of sp³-hybridized carbons (Fsp3) is 0.545. The Morgan fingerprint density at radius 3 is 1.90 bits per heavy atom. The summed E-state index contributed by atoms with van der Waals surface area (Å²) in [5.41, 5.74) is 4.49. The van der Waals surface area contributed by atoms with Gasteiger partial charge in [-0.05, 0) is 73.6 Å². The van der Waals surface area contributed by atoms with Crippen LogP contribution in [-0.2, 0) is 22.5 Å². The van der Waals surface area contributed by atoms with Crippen LogP contribution in [0.1, 0.15) is 73.6 Å². The minimum Gasteiger partial charge on any atom is -0.350 e. The summed E-state index contributed by atoms with van der Waals surface area (Å²) >= 11 is 0. The van der Waals surface area contributed by atoms with Crippen LogP contribution in [0.25, 0.3) is 0 Å². The van der Waals surface area contributed by atoms with E-state index in [9.17, 15) is 18.9 Å². The van der Waals surface area contributed by atoms with Crippen molar-refractivity contribution >= 4 is 15.6 Å². The highest BCUT2D eigenvalue weighted by Crippen LogP contribution is 2.61. The van der Waals surface area contributed by atoms with Gasteiger partial charge in [-0.3, -0.25) is 9.42 Å². The predicted octanol–water partition coefficient (Wildman–Crippen LogP) is 6.97. The lowest BCUT2D eigenvalue weighted by Gasteiger charge is -2.19.